The second-order valence-corrected chi connectivity index (χ2v) is 10.5. The van der Waals surface area contributed by atoms with E-state index >= 15 is 0 Å². The van der Waals surface area contributed by atoms with Gasteiger partial charge < -0.3 is 15.4 Å². The number of likely N-dealkylation sites (tertiary alicyclic amines) is 1. The van der Waals surface area contributed by atoms with Crippen molar-refractivity contribution in [3.8, 4) is 5.75 Å². The second kappa shape index (κ2) is 8.97. The largest absolute Gasteiger partial charge is 0.496 e. The molecular formula is C26H33ClN6O2. The van der Waals surface area contributed by atoms with Crippen LogP contribution in [-0.2, 0) is 4.79 Å². The Hall–Kier alpha value is -2.87. The predicted molar refractivity (Wildman–Crippen MR) is 137 cm³/mol. The van der Waals surface area contributed by atoms with Crippen molar-refractivity contribution in [3.63, 3.8) is 0 Å². The summed E-state index contributed by atoms with van der Waals surface area (Å²) in [6, 6.07) is 1.75. The van der Waals surface area contributed by atoms with Gasteiger partial charge in [0.15, 0.2) is 5.65 Å². The first-order valence-corrected chi connectivity index (χ1v) is 12.7. The highest BCUT2D eigenvalue weighted by Crippen LogP contribution is 2.45. The molecule has 9 heteroatoms. The molecule has 1 aliphatic heterocycles. The van der Waals surface area contributed by atoms with E-state index in [0.29, 0.717) is 35.5 Å². The average Bonchev–Trinajstić information content (AvgIpc) is 3.11. The molecule has 0 bridgehead atoms. The highest BCUT2D eigenvalue weighted by atomic mass is 35.5. The minimum atomic E-state index is -0.205. The molecule has 0 spiro atoms. The Balaban J connectivity index is 1.48. The van der Waals surface area contributed by atoms with Gasteiger partial charge in [0, 0.05) is 41.1 Å². The molecule has 1 aromatic carbocycles. The number of carbonyl (C=O) groups excluding carboxylic acids is 1. The maximum Gasteiger partial charge on any atom is 0.225 e. The Bertz CT molecular complexity index is 1290. The molecule has 2 N–H and O–H groups in total. The monoisotopic (exact) mass is 496 g/mol. The number of hydrogen-bond acceptors (Lipinski definition) is 6. The molecule has 1 saturated carbocycles. The number of halogens is 1. The number of benzene rings is 1. The molecule has 2 fully saturated rings. The Morgan fingerprint density at radius 2 is 1.94 bits per heavy atom. The van der Waals surface area contributed by atoms with Gasteiger partial charge in [0.25, 0.3) is 0 Å². The van der Waals surface area contributed by atoms with Crippen LogP contribution in [0.25, 0.3) is 11.0 Å². The van der Waals surface area contributed by atoms with Crippen molar-refractivity contribution < 1.29 is 9.53 Å². The number of nitrogens with zero attached hydrogens (tertiary/aromatic N) is 5. The summed E-state index contributed by atoms with van der Waals surface area (Å²) in [7, 11) is 1.69. The molecule has 3 aromatic rings. The fraction of sp³-hybridized carbons (Fsp3) is 0.538. The SMILES string of the molecule is COc1c(C(C)n2nc(C)c3c(N)ncnc32)cc(Cl)c(C)c1C1CN(C(=O)C(C)C2CCC2)C1. The molecule has 2 aliphatic rings. The van der Waals surface area contributed by atoms with Crippen LogP contribution in [-0.4, -0.2) is 50.8 Å². The predicted octanol–water partition coefficient (Wildman–Crippen LogP) is 4.66. The summed E-state index contributed by atoms with van der Waals surface area (Å²) in [6.45, 7) is 9.44. The van der Waals surface area contributed by atoms with E-state index in [1.165, 1.54) is 25.6 Å². The van der Waals surface area contributed by atoms with E-state index in [9.17, 15) is 4.79 Å². The quantitative estimate of drug-likeness (QED) is 0.533. The smallest absolute Gasteiger partial charge is 0.225 e. The third-order valence-corrected chi connectivity index (χ3v) is 8.51. The van der Waals surface area contributed by atoms with Crippen LogP contribution in [0.3, 0.4) is 0 Å². The normalized spacial score (nSPS) is 18.3. The van der Waals surface area contributed by atoms with Gasteiger partial charge in [0.05, 0.1) is 24.2 Å². The molecule has 1 saturated heterocycles. The lowest BCUT2D eigenvalue weighted by Crippen LogP contribution is -2.52. The maximum absolute atomic E-state index is 13.0. The van der Waals surface area contributed by atoms with E-state index in [2.05, 4.69) is 16.9 Å². The van der Waals surface area contributed by atoms with Crippen LogP contribution in [0, 0.1) is 25.7 Å². The number of hydrogen-bond donors (Lipinski definition) is 1. The van der Waals surface area contributed by atoms with E-state index in [0.717, 1.165) is 33.5 Å². The number of fused-ring (bicyclic) bond motifs is 1. The number of aromatic nitrogens is 4. The van der Waals surface area contributed by atoms with Gasteiger partial charge in [0.2, 0.25) is 5.91 Å². The lowest BCUT2D eigenvalue weighted by molar-refractivity contribution is -0.142. The Morgan fingerprint density at radius 1 is 1.23 bits per heavy atom. The molecule has 0 radical (unpaired) electrons. The number of nitrogens with two attached hydrogens (primary N) is 1. The van der Waals surface area contributed by atoms with Crippen molar-refractivity contribution in [1.29, 1.82) is 0 Å². The van der Waals surface area contributed by atoms with E-state index in [-0.39, 0.29) is 23.8 Å². The highest BCUT2D eigenvalue weighted by Gasteiger charge is 2.40. The Kier molecular flexibility index (Phi) is 6.11. The minimum Gasteiger partial charge on any atom is -0.496 e. The zero-order valence-electron chi connectivity index (χ0n) is 21.0. The first kappa shape index (κ1) is 23.9. The van der Waals surface area contributed by atoms with Gasteiger partial charge in [-0.1, -0.05) is 24.9 Å². The number of amides is 1. The summed E-state index contributed by atoms with van der Waals surface area (Å²) < 4.78 is 7.86. The van der Waals surface area contributed by atoms with Gasteiger partial charge in [-0.3, -0.25) is 4.79 Å². The van der Waals surface area contributed by atoms with Crippen molar-refractivity contribution in [2.24, 2.45) is 11.8 Å². The van der Waals surface area contributed by atoms with E-state index in [1.54, 1.807) is 7.11 Å². The summed E-state index contributed by atoms with van der Waals surface area (Å²) in [6.07, 6.45) is 5.04. The number of ether oxygens (including phenoxy) is 1. The van der Waals surface area contributed by atoms with Gasteiger partial charge in [-0.05, 0) is 51.2 Å². The minimum absolute atomic E-state index is 0.105. The zero-order valence-corrected chi connectivity index (χ0v) is 21.8. The fourth-order valence-electron chi connectivity index (χ4n) is 5.64. The van der Waals surface area contributed by atoms with Gasteiger partial charge in [0.1, 0.15) is 17.9 Å². The molecule has 3 heterocycles. The Labute approximate surface area is 210 Å². The van der Waals surface area contributed by atoms with E-state index in [4.69, 9.17) is 27.2 Å². The summed E-state index contributed by atoms with van der Waals surface area (Å²) in [5.41, 5.74) is 10.5. The topological polar surface area (TPSA) is 99.2 Å². The lowest BCUT2D eigenvalue weighted by Gasteiger charge is -2.44. The molecule has 2 unspecified atom stereocenters. The second-order valence-electron chi connectivity index (χ2n) is 10.1. The first-order chi connectivity index (χ1) is 16.7. The summed E-state index contributed by atoms with van der Waals surface area (Å²) in [5, 5.41) is 6.16. The van der Waals surface area contributed by atoms with Crippen molar-refractivity contribution in [2.75, 3.05) is 25.9 Å². The fourth-order valence-corrected chi connectivity index (χ4v) is 5.86. The van der Waals surface area contributed by atoms with Crippen LogP contribution in [0.5, 0.6) is 5.75 Å². The number of rotatable bonds is 6. The van der Waals surface area contributed by atoms with Crippen molar-refractivity contribution in [3.05, 3.63) is 39.8 Å². The number of anilines is 1. The number of methoxy groups -OCH3 is 1. The third-order valence-electron chi connectivity index (χ3n) is 8.11. The van der Waals surface area contributed by atoms with Gasteiger partial charge in [-0.2, -0.15) is 5.10 Å². The first-order valence-electron chi connectivity index (χ1n) is 12.3. The van der Waals surface area contributed by atoms with Crippen LogP contribution in [0.1, 0.15) is 67.5 Å². The van der Waals surface area contributed by atoms with Crippen LogP contribution in [0.15, 0.2) is 12.4 Å². The van der Waals surface area contributed by atoms with Crippen LogP contribution >= 0.6 is 11.6 Å². The molecule has 2 atom stereocenters. The number of nitrogen functional groups attached to an aromatic ring is 1. The molecule has 35 heavy (non-hydrogen) atoms. The summed E-state index contributed by atoms with van der Waals surface area (Å²) in [5.74, 6) is 2.31. The van der Waals surface area contributed by atoms with Gasteiger partial charge in [-0.15, -0.1) is 0 Å². The zero-order chi connectivity index (χ0) is 25.0. The van der Waals surface area contributed by atoms with Gasteiger partial charge in [-0.25, -0.2) is 14.6 Å². The third kappa shape index (κ3) is 3.82. The maximum atomic E-state index is 13.0. The van der Waals surface area contributed by atoms with Crippen molar-refractivity contribution in [1.82, 2.24) is 24.6 Å². The van der Waals surface area contributed by atoms with Crippen molar-refractivity contribution in [2.45, 2.75) is 58.9 Å². The van der Waals surface area contributed by atoms with Crippen LogP contribution in [0.4, 0.5) is 5.82 Å². The molecular weight excluding hydrogens is 464 g/mol. The molecule has 2 aromatic heterocycles. The van der Waals surface area contributed by atoms with E-state index in [1.807, 2.05) is 36.4 Å². The number of carbonyl (C=O) groups is 1. The lowest BCUT2D eigenvalue weighted by atomic mass is 9.75. The Morgan fingerprint density at radius 3 is 2.57 bits per heavy atom. The summed E-state index contributed by atoms with van der Waals surface area (Å²) in [4.78, 5) is 23.5. The van der Waals surface area contributed by atoms with Crippen LogP contribution < -0.4 is 10.5 Å². The molecule has 5 rings (SSSR count). The molecule has 186 valence electrons. The average molecular weight is 497 g/mol. The standard InChI is InChI=1S/C26H33ClN6O2/c1-13(17-7-6-8-17)26(34)32-10-18(11-32)21-14(2)20(27)9-19(23(21)35-5)16(4)33-25-22(15(3)31-33)24(28)29-12-30-25/h9,12-13,16-18H,6-8,10-11H2,1-5H3,(H2,28,29,30). The molecule has 8 nitrogen and oxygen atoms in total. The van der Waals surface area contributed by atoms with Crippen molar-refractivity contribution >= 4 is 34.4 Å². The highest BCUT2D eigenvalue weighted by molar-refractivity contribution is 6.31. The van der Waals surface area contributed by atoms with Gasteiger partial charge >= 0.3 is 0 Å². The molecule has 1 aliphatic carbocycles. The van der Waals surface area contributed by atoms with E-state index < -0.39 is 0 Å². The molecule has 1 amide bonds. The number of aryl methyl sites for hydroxylation is 1. The van der Waals surface area contributed by atoms with Crippen LogP contribution in [0.2, 0.25) is 5.02 Å². The summed E-state index contributed by atoms with van der Waals surface area (Å²) >= 11 is 6.76.